The topological polar surface area (TPSA) is 152 Å². The van der Waals surface area contributed by atoms with Gasteiger partial charge >= 0.3 is 0 Å². The molecule has 1 aromatic carbocycles. The molecule has 1 aliphatic rings. The lowest BCUT2D eigenvalue weighted by molar-refractivity contribution is -0.115. The summed E-state index contributed by atoms with van der Waals surface area (Å²) in [5.74, 6) is 1.59. The van der Waals surface area contributed by atoms with Gasteiger partial charge in [0, 0.05) is 33.2 Å². The van der Waals surface area contributed by atoms with E-state index >= 15 is 0 Å². The summed E-state index contributed by atoms with van der Waals surface area (Å²) in [6.45, 7) is 2.26. The van der Waals surface area contributed by atoms with Gasteiger partial charge in [0.2, 0.25) is 0 Å². The van der Waals surface area contributed by atoms with Crippen molar-refractivity contribution in [3.05, 3.63) is 65.5 Å². The van der Waals surface area contributed by atoms with Crippen LogP contribution in [0.1, 0.15) is 18.4 Å². The molecule has 0 saturated carbocycles. The van der Waals surface area contributed by atoms with Gasteiger partial charge in [0.1, 0.15) is 31.7 Å². The molecule has 0 heterocycles. The van der Waals surface area contributed by atoms with E-state index < -0.39 is 6.10 Å². The highest BCUT2D eigenvalue weighted by Crippen LogP contribution is 2.29. The van der Waals surface area contributed by atoms with Crippen LogP contribution in [0, 0.1) is 0 Å². The largest absolute Gasteiger partial charge is 0.494 e. The van der Waals surface area contributed by atoms with E-state index in [1.165, 1.54) is 6.08 Å². The molecule has 0 amide bonds. The summed E-state index contributed by atoms with van der Waals surface area (Å²) in [6, 6.07) is 5.38. The first kappa shape index (κ1) is 28.3. The zero-order valence-corrected chi connectivity index (χ0v) is 20.2. The smallest absolute Gasteiger partial charge is 0.161 e. The number of hydrogen-bond acceptors (Lipinski definition) is 9. The molecular formula is C26H37N3O6. The first-order valence-corrected chi connectivity index (χ1v) is 11.6. The van der Waals surface area contributed by atoms with E-state index in [-0.39, 0.29) is 18.3 Å². The quantitative estimate of drug-likeness (QED) is 0.254. The van der Waals surface area contributed by atoms with Gasteiger partial charge < -0.3 is 41.3 Å². The molecule has 2 rings (SSSR count). The minimum Gasteiger partial charge on any atom is -0.494 e. The van der Waals surface area contributed by atoms with E-state index in [1.54, 1.807) is 37.5 Å². The number of aliphatic hydroxyl groups excluding tert-OH is 1. The molecule has 0 spiro atoms. The molecule has 0 aliphatic heterocycles. The highest BCUT2D eigenvalue weighted by Gasteiger charge is 2.18. The molecule has 9 nitrogen and oxygen atoms in total. The Balaban J connectivity index is 1.95. The Morgan fingerprint density at radius 3 is 2.43 bits per heavy atom. The monoisotopic (exact) mass is 487 g/mol. The summed E-state index contributed by atoms with van der Waals surface area (Å²) in [6.07, 6.45) is 9.74. The number of ketones is 1. The lowest BCUT2D eigenvalue weighted by atomic mass is 10.0. The Kier molecular flexibility index (Phi) is 12.8. The van der Waals surface area contributed by atoms with Crippen LogP contribution in [0.5, 0.6) is 11.5 Å². The van der Waals surface area contributed by atoms with Gasteiger partial charge in [0.25, 0.3) is 0 Å². The number of nitrogens with two attached hydrogens (primary N) is 3. The SMILES string of the molecule is CO[C@@H]1CC=C(/C=C/C(=O)CC(O)/C=C/c2ccc(OCCN)c(OCCN)c2)C=C1OCCN. The van der Waals surface area contributed by atoms with Crippen molar-refractivity contribution in [2.45, 2.75) is 25.0 Å². The minimum absolute atomic E-state index is 0.0462. The Labute approximate surface area is 206 Å². The van der Waals surface area contributed by atoms with Crippen LogP contribution in [0.4, 0.5) is 0 Å². The lowest BCUT2D eigenvalue weighted by Crippen LogP contribution is -2.20. The molecule has 0 saturated heterocycles. The van der Waals surface area contributed by atoms with Crippen molar-refractivity contribution in [2.24, 2.45) is 17.2 Å². The number of rotatable bonds is 16. The Morgan fingerprint density at radius 2 is 1.74 bits per heavy atom. The van der Waals surface area contributed by atoms with Crippen LogP contribution in [0.3, 0.4) is 0 Å². The summed E-state index contributed by atoms with van der Waals surface area (Å²) in [4.78, 5) is 12.3. The highest BCUT2D eigenvalue weighted by molar-refractivity contribution is 5.90. The standard InChI is InChI=1S/C26H37N3O6/c1-32-23-8-4-19(16-25(23)34-14-11-28)2-6-21(30)18-22(31)7-3-20-5-9-24(33-13-10-27)26(17-20)35-15-12-29/h2-7,9,16-17,22-23,31H,8,10-15,18,27-29H2,1H3/b6-2+,7-3+/t22?,23-/m1/s1. The van der Waals surface area contributed by atoms with Gasteiger partial charge in [-0.25, -0.2) is 0 Å². The van der Waals surface area contributed by atoms with Crippen molar-refractivity contribution >= 4 is 11.9 Å². The van der Waals surface area contributed by atoms with Crippen LogP contribution in [-0.4, -0.2) is 69.7 Å². The van der Waals surface area contributed by atoms with E-state index in [0.29, 0.717) is 63.1 Å². The first-order chi connectivity index (χ1) is 17.0. The molecule has 0 bridgehead atoms. The molecule has 1 aliphatic carbocycles. The number of allylic oxidation sites excluding steroid dienone is 4. The second-order valence-corrected chi connectivity index (χ2v) is 7.76. The maximum atomic E-state index is 12.3. The lowest BCUT2D eigenvalue weighted by Gasteiger charge is -2.22. The van der Waals surface area contributed by atoms with E-state index in [1.807, 2.05) is 18.2 Å². The number of carbonyl (C=O) groups excluding carboxylic acids is 1. The van der Waals surface area contributed by atoms with Crippen LogP contribution in [0.2, 0.25) is 0 Å². The van der Waals surface area contributed by atoms with Gasteiger partial charge in [-0.1, -0.05) is 30.4 Å². The normalized spacial score (nSPS) is 16.8. The van der Waals surface area contributed by atoms with Gasteiger partial charge in [-0.05, 0) is 41.8 Å². The van der Waals surface area contributed by atoms with Crippen molar-refractivity contribution in [3.8, 4) is 11.5 Å². The Morgan fingerprint density at radius 1 is 1.06 bits per heavy atom. The van der Waals surface area contributed by atoms with E-state index in [4.69, 9.17) is 36.1 Å². The summed E-state index contributed by atoms with van der Waals surface area (Å²) in [5, 5.41) is 10.3. The number of benzene rings is 1. The molecule has 2 atom stereocenters. The Hall–Kier alpha value is -2.95. The number of aliphatic hydroxyl groups is 1. The molecule has 192 valence electrons. The molecule has 9 heteroatoms. The van der Waals surface area contributed by atoms with Gasteiger partial charge in [0.05, 0.1) is 6.10 Å². The molecule has 1 unspecified atom stereocenters. The summed E-state index contributed by atoms with van der Waals surface area (Å²) >= 11 is 0. The van der Waals surface area contributed by atoms with Crippen molar-refractivity contribution in [2.75, 3.05) is 46.6 Å². The van der Waals surface area contributed by atoms with Crippen molar-refractivity contribution in [1.29, 1.82) is 0 Å². The van der Waals surface area contributed by atoms with Crippen LogP contribution in [-0.2, 0) is 14.3 Å². The molecule has 0 aromatic heterocycles. The predicted molar refractivity (Wildman–Crippen MR) is 136 cm³/mol. The van der Waals surface area contributed by atoms with Gasteiger partial charge in [-0.3, -0.25) is 4.79 Å². The molecule has 1 aromatic rings. The van der Waals surface area contributed by atoms with Crippen LogP contribution in [0.15, 0.2) is 59.9 Å². The summed E-state index contributed by atoms with van der Waals surface area (Å²) in [7, 11) is 1.62. The fourth-order valence-electron chi connectivity index (χ4n) is 3.27. The number of methoxy groups -OCH3 is 1. The zero-order valence-electron chi connectivity index (χ0n) is 20.2. The molecule has 0 fully saturated rings. The average molecular weight is 488 g/mol. The van der Waals surface area contributed by atoms with Crippen LogP contribution in [0.25, 0.3) is 6.08 Å². The molecule has 7 N–H and O–H groups in total. The van der Waals surface area contributed by atoms with E-state index in [9.17, 15) is 9.90 Å². The van der Waals surface area contributed by atoms with Gasteiger partial charge in [0.15, 0.2) is 17.3 Å². The maximum Gasteiger partial charge on any atom is 0.161 e. The van der Waals surface area contributed by atoms with Crippen molar-refractivity contribution in [3.63, 3.8) is 0 Å². The van der Waals surface area contributed by atoms with Crippen LogP contribution < -0.4 is 26.7 Å². The fraction of sp³-hybridized carbons (Fsp3) is 0.423. The summed E-state index contributed by atoms with van der Waals surface area (Å²) < 4.78 is 22.3. The van der Waals surface area contributed by atoms with Gasteiger partial charge in [-0.2, -0.15) is 0 Å². The zero-order chi connectivity index (χ0) is 25.5. The maximum absolute atomic E-state index is 12.3. The van der Waals surface area contributed by atoms with Crippen LogP contribution >= 0.6 is 0 Å². The van der Waals surface area contributed by atoms with E-state index in [0.717, 1.165) is 11.1 Å². The van der Waals surface area contributed by atoms with Gasteiger partial charge in [-0.15, -0.1) is 0 Å². The molecule has 35 heavy (non-hydrogen) atoms. The predicted octanol–water partition coefficient (Wildman–Crippen LogP) is 1.46. The molecule has 0 radical (unpaired) electrons. The summed E-state index contributed by atoms with van der Waals surface area (Å²) in [5.41, 5.74) is 18.2. The first-order valence-electron chi connectivity index (χ1n) is 11.6. The fourth-order valence-corrected chi connectivity index (χ4v) is 3.27. The Bertz CT molecular complexity index is 926. The number of hydrogen-bond donors (Lipinski definition) is 4. The second kappa shape index (κ2) is 15.9. The third kappa shape index (κ3) is 10.1. The van der Waals surface area contributed by atoms with Crippen molar-refractivity contribution < 1.29 is 28.8 Å². The number of carbonyl (C=O) groups is 1. The third-order valence-corrected chi connectivity index (χ3v) is 4.97. The average Bonchev–Trinajstić information content (AvgIpc) is 2.87. The minimum atomic E-state index is -0.939. The number of ether oxygens (including phenoxy) is 4. The molecular weight excluding hydrogens is 450 g/mol. The third-order valence-electron chi connectivity index (χ3n) is 4.97. The second-order valence-electron chi connectivity index (χ2n) is 7.76. The highest BCUT2D eigenvalue weighted by atomic mass is 16.5. The van der Waals surface area contributed by atoms with E-state index in [2.05, 4.69) is 0 Å². The van der Waals surface area contributed by atoms with Crippen molar-refractivity contribution in [1.82, 2.24) is 0 Å².